The van der Waals surface area contributed by atoms with Crippen LogP contribution in [0.25, 0.3) is 10.8 Å². The smallest absolute Gasteiger partial charge is 0.192 e. The highest BCUT2D eigenvalue weighted by Crippen LogP contribution is 2.25. The molecular weight excluding hydrogens is 226 g/mol. The molecule has 1 saturated heterocycles. The quantitative estimate of drug-likeness (QED) is 0.759. The molecule has 0 aliphatic carbocycles. The number of pyridine rings is 1. The number of hydrogen-bond donors (Lipinski definition) is 0. The second-order valence-corrected chi connectivity index (χ2v) is 4.78. The second kappa shape index (κ2) is 4.50. The maximum Gasteiger partial charge on any atom is 0.192 e. The molecule has 2 heterocycles. The van der Waals surface area contributed by atoms with Crippen LogP contribution in [0.15, 0.2) is 36.7 Å². The van der Waals surface area contributed by atoms with Crippen molar-refractivity contribution in [3.8, 4) is 0 Å². The largest absolute Gasteiger partial charge is 0.367 e. The van der Waals surface area contributed by atoms with E-state index in [1.807, 2.05) is 31.2 Å². The zero-order chi connectivity index (χ0) is 12.5. The Hall–Kier alpha value is -1.74. The van der Waals surface area contributed by atoms with E-state index < -0.39 is 0 Å². The first kappa shape index (κ1) is 11.4. The second-order valence-electron chi connectivity index (χ2n) is 4.78. The Bertz CT molecular complexity index is 589. The van der Waals surface area contributed by atoms with Crippen LogP contribution in [0.3, 0.4) is 0 Å². The molecule has 2 aromatic rings. The zero-order valence-electron chi connectivity index (χ0n) is 10.3. The van der Waals surface area contributed by atoms with Crippen molar-refractivity contribution < 1.29 is 9.53 Å². The number of rotatable bonds is 2. The summed E-state index contributed by atoms with van der Waals surface area (Å²) in [6.45, 7) is 2.01. The molecule has 0 spiro atoms. The molecule has 0 N–H and O–H groups in total. The number of hydrogen-bond acceptors (Lipinski definition) is 3. The first-order chi connectivity index (χ1) is 8.75. The molecule has 1 aliphatic rings. The molecule has 0 radical (unpaired) electrons. The van der Waals surface area contributed by atoms with E-state index in [0.717, 1.165) is 29.2 Å². The maximum atomic E-state index is 12.5. The molecule has 3 rings (SSSR count). The van der Waals surface area contributed by atoms with Crippen LogP contribution in [0.2, 0.25) is 0 Å². The number of fused-ring (bicyclic) bond motifs is 1. The molecular formula is C15H15NO2. The number of ether oxygens (including phenoxy) is 1. The predicted octanol–water partition coefficient (Wildman–Crippen LogP) is 2.99. The van der Waals surface area contributed by atoms with Crippen molar-refractivity contribution in [2.24, 2.45) is 0 Å². The van der Waals surface area contributed by atoms with E-state index in [-0.39, 0.29) is 18.0 Å². The number of carbonyl (C=O) groups is 1. The molecule has 1 fully saturated rings. The van der Waals surface area contributed by atoms with Crippen molar-refractivity contribution in [3.05, 3.63) is 42.2 Å². The highest BCUT2D eigenvalue weighted by atomic mass is 16.5. The molecule has 0 saturated carbocycles. The molecule has 1 aromatic heterocycles. The molecule has 1 aliphatic heterocycles. The van der Waals surface area contributed by atoms with Gasteiger partial charge in [0.05, 0.1) is 6.10 Å². The number of carbonyl (C=O) groups excluding carboxylic acids is 1. The van der Waals surface area contributed by atoms with Gasteiger partial charge in [-0.25, -0.2) is 0 Å². The summed E-state index contributed by atoms with van der Waals surface area (Å²) in [5.74, 6) is 0.0937. The fourth-order valence-corrected chi connectivity index (χ4v) is 2.51. The van der Waals surface area contributed by atoms with Gasteiger partial charge in [-0.1, -0.05) is 18.2 Å². The van der Waals surface area contributed by atoms with E-state index in [1.165, 1.54) is 0 Å². The summed E-state index contributed by atoms with van der Waals surface area (Å²) in [4.78, 5) is 16.5. The normalized spacial score (nSPS) is 23.4. The van der Waals surface area contributed by atoms with E-state index >= 15 is 0 Å². The van der Waals surface area contributed by atoms with Crippen molar-refractivity contribution in [2.45, 2.75) is 32.0 Å². The molecule has 2 unspecified atom stereocenters. The van der Waals surface area contributed by atoms with Gasteiger partial charge in [-0.2, -0.15) is 0 Å². The number of ketones is 1. The molecule has 3 nitrogen and oxygen atoms in total. The zero-order valence-corrected chi connectivity index (χ0v) is 10.3. The molecule has 92 valence electrons. The van der Waals surface area contributed by atoms with Crippen LogP contribution in [0.5, 0.6) is 0 Å². The molecule has 1 aromatic carbocycles. The van der Waals surface area contributed by atoms with Crippen molar-refractivity contribution in [2.75, 3.05) is 0 Å². The first-order valence-electron chi connectivity index (χ1n) is 6.28. The van der Waals surface area contributed by atoms with Crippen LogP contribution in [0.4, 0.5) is 0 Å². The van der Waals surface area contributed by atoms with E-state index in [9.17, 15) is 4.79 Å². The molecule has 2 atom stereocenters. The summed E-state index contributed by atoms with van der Waals surface area (Å²) >= 11 is 0. The van der Waals surface area contributed by atoms with Gasteiger partial charge in [-0.3, -0.25) is 9.78 Å². The van der Waals surface area contributed by atoms with Crippen LogP contribution in [-0.4, -0.2) is 23.0 Å². The minimum atomic E-state index is -0.279. The highest BCUT2D eigenvalue weighted by molar-refractivity contribution is 6.10. The average Bonchev–Trinajstić information content (AvgIpc) is 2.84. The summed E-state index contributed by atoms with van der Waals surface area (Å²) < 4.78 is 5.66. The van der Waals surface area contributed by atoms with Crippen LogP contribution in [-0.2, 0) is 4.74 Å². The molecule has 18 heavy (non-hydrogen) atoms. The number of benzene rings is 1. The summed E-state index contributed by atoms with van der Waals surface area (Å²) in [6.07, 6.45) is 5.19. The van der Waals surface area contributed by atoms with E-state index in [4.69, 9.17) is 4.74 Å². The van der Waals surface area contributed by atoms with Gasteiger partial charge in [0.2, 0.25) is 0 Å². The number of Topliss-reactive ketones (excluding diaryl/α,β-unsaturated/α-hetero) is 1. The Morgan fingerprint density at radius 2 is 2.22 bits per heavy atom. The third kappa shape index (κ3) is 1.91. The van der Waals surface area contributed by atoms with Gasteiger partial charge in [0.25, 0.3) is 0 Å². The average molecular weight is 241 g/mol. The van der Waals surface area contributed by atoms with Gasteiger partial charge in [0.1, 0.15) is 6.10 Å². The lowest BCUT2D eigenvalue weighted by Crippen LogP contribution is -2.21. The Kier molecular flexibility index (Phi) is 2.84. The topological polar surface area (TPSA) is 39.2 Å². The highest BCUT2D eigenvalue weighted by Gasteiger charge is 2.29. The van der Waals surface area contributed by atoms with Crippen molar-refractivity contribution >= 4 is 16.6 Å². The first-order valence-corrected chi connectivity index (χ1v) is 6.28. The van der Waals surface area contributed by atoms with Crippen molar-refractivity contribution in [1.29, 1.82) is 0 Å². The van der Waals surface area contributed by atoms with E-state index in [0.29, 0.717) is 0 Å². The van der Waals surface area contributed by atoms with Crippen LogP contribution in [0, 0.1) is 0 Å². The third-order valence-electron chi connectivity index (χ3n) is 3.47. The third-order valence-corrected chi connectivity index (χ3v) is 3.47. The van der Waals surface area contributed by atoms with Crippen LogP contribution < -0.4 is 0 Å². The van der Waals surface area contributed by atoms with Crippen LogP contribution >= 0.6 is 0 Å². The Labute approximate surface area is 106 Å². The van der Waals surface area contributed by atoms with Gasteiger partial charge in [0, 0.05) is 23.3 Å². The number of aromatic nitrogens is 1. The summed E-state index contributed by atoms with van der Waals surface area (Å²) in [6, 6.07) is 7.63. The van der Waals surface area contributed by atoms with Gasteiger partial charge in [0.15, 0.2) is 5.78 Å². The monoisotopic (exact) mass is 241 g/mol. The van der Waals surface area contributed by atoms with E-state index in [1.54, 1.807) is 12.4 Å². The fourth-order valence-electron chi connectivity index (χ4n) is 2.51. The van der Waals surface area contributed by atoms with Crippen molar-refractivity contribution in [3.63, 3.8) is 0 Å². The Morgan fingerprint density at radius 3 is 3.00 bits per heavy atom. The summed E-state index contributed by atoms with van der Waals surface area (Å²) in [7, 11) is 0. The maximum absolute atomic E-state index is 12.5. The van der Waals surface area contributed by atoms with Gasteiger partial charge in [-0.15, -0.1) is 0 Å². The lowest BCUT2D eigenvalue weighted by molar-refractivity contribution is 0.0435. The minimum Gasteiger partial charge on any atom is -0.367 e. The van der Waals surface area contributed by atoms with E-state index in [2.05, 4.69) is 4.98 Å². The fraction of sp³-hybridized carbons (Fsp3) is 0.333. The molecule has 3 heteroatoms. The molecule has 0 amide bonds. The SMILES string of the molecule is CC1CCC(C(=O)c2cccc3cnccc23)O1. The Morgan fingerprint density at radius 1 is 1.33 bits per heavy atom. The lowest BCUT2D eigenvalue weighted by atomic mass is 9.98. The standard InChI is InChI=1S/C15H15NO2/c1-10-5-6-14(18-10)15(17)13-4-2-3-11-9-16-8-7-12(11)13/h2-4,7-10,14H,5-6H2,1H3. The lowest BCUT2D eigenvalue weighted by Gasteiger charge is -2.11. The van der Waals surface area contributed by atoms with Crippen molar-refractivity contribution in [1.82, 2.24) is 4.98 Å². The Balaban J connectivity index is 2.01. The summed E-state index contributed by atoms with van der Waals surface area (Å²) in [5.41, 5.74) is 0.744. The van der Waals surface area contributed by atoms with Gasteiger partial charge >= 0.3 is 0 Å². The molecule has 0 bridgehead atoms. The minimum absolute atomic E-state index is 0.0937. The van der Waals surface area contributed by atoms with Gasteiger partial charge in [-0.05, 0) is 31.2 Å². The predicted molar refractivity (Wildman–Crippen MR) is 69.6 cm³/mol. The summed E-state index contributed by atoms with van der Waals surface area (Å²) in [5, 5.41) is 1.95. The van der Waals surface area contributed by atoms with Gasteiger partial charge < -0.3 is 4.74 Å². The number of nitrogens with zero attached hydrogens (tertiary/aromatic N) is 1. The van der Waals surface area contributed by atoms with Crippen LogP contribution in [0.1, 0.15) is 30.1 Å².